The zero-order valence-corrected chi connectivity index (χ0v) is 17.9. The first-order valence-electron chi connectivity index (χ1n) is 9.14. The summed E-state index contributed by atoms with van der Waals surface area (Å²) in [7, 11) is -3.76. The van der Waals surface area contributed by atoms with Crippen molar-refractivity contribution in [3.8, 4) is 11.5 Å². The molecule has 30 heavy (non-hydrogen) atoms. The Balaban J connectivity index is 1.49. The Bertz CT molecular complexity index is 1110. The maximum atomic E-state index is 12.3. The largest absolute Gasteiger partial charge is 0.478 e. The van der Waals surface area contributed by atoms with Gasteiger partial charge in [-0.25, -0.2) is 17.9 Å². The van der Waals surface area contributed by atoms with Gasteiger partial charge in [0.15, 0.2) is 0 Å². The third-order valence-electron chi connectivity index (χ3n) is 4.13. The van der Waals surface area contributed by atoms with Crippen LogP contribution in [0.3, 0.4) is 0 Å². The van der Waals surface area contributed by atoms with E-state index in [0.717, 1.165) is 22.5 Å². The monoisotopic (exact) mass is 443 g/mol. The summed E-state index contributed by atoms with van der Waals surface area (Å²) in [6, 6.07) is 20.6. The van der Waals surface area contributed by atoms with E-state index in [0.29, 0.717) is 5.75 Å². The first kappa shape index (κ1) is 21.9. The molecular formula is C22H21NO5S2. The van der Waals surface area contributed by atoms with E-state index in [1.165, 1.54) is 35.5 Å². The fraction of sp³-hybridized carbons (Fsp3) is 0.136. The highest BCUT2D eigenvalue weighted by Crippen LogP contribution is 2.25. The van der Waals surface area contributed by atoms with E-state index in [1.807, 2.05) is 55.5 Å². The van der Waals surface area contributed by atoms with Crippen molar-refractivity contribution in [2.24, 2.45) is 0 Å². The van der Waals surface area contributed by atoms with Crippen molar-refractivity contribution >= 4 is 27.8 Å². The third-order valence-corrected chi connectivity index (χ3v) is 6.61. The lowest BCUT2D eigenvalue weighted by Gasteiger charge is -2.08. The number of rotatable bonds is 9. The van der Waals surface area contributed by atoms with Gasteiger partial charge in [0.05, 0.1) is 10.5 Å². The quantitative estimate of drug-likeness (QED) is 0.372. The van der Waals surface area contributed by atoms with E-state index >= 15 is 0 Å². The Morgan fingerprint density at radius 2 is 1.63 bits per heavy atom. The van der Waals surface area contributed by atoms with Crippen LogP contribution in [-0.4, -0.2) is 31.8 Å². The van der Waals surface area contributed by atoms with Crippen LogP contribution < -0.4 is 9.46 Å². The second kappa shape index (κ2) is 9.80. The molecule has 6 nitrogen and oxygen atoms in total. The van der Waals surface area contributed by atoms with E-state index in [9.17, 15) is 13.2 Å². The molecule has 0 heterocycles. The van der Waals surface area contributed by atoms with Crippen molar-refractivity contribution < 1.29 is 23.1 Å². The summed E-state index contributed by atoms with van der Waals surface area (Å²) in [5, 5.41) is 9.00. The van der Waals surface area contributed by atoms with Crippen molar-refractivity contribution in [1.29, 1.82) is 0 Å². The van der Waals surface area contributed by atoms with Gasteiger partial charge in [-0.2, -0.15) is 0 Å². The highest BCUT2D eigenvalue weighted by molar-refractivity contribution is 7.99. The summed E-state index contributed by atoms with van der Waals surface area (Å²) in [5.41, 5.74) is 1.10. The lowest BCUT2D eigenvalue weighted by molar-refractivity contribution is 0.0696. The number of benzene rings is 3. The van der Waals surface area contributed by atoms with Crippen LogP contribution in [0.1, 0.15) is 15.9 Å². The molecule has 0 aliphatic rings. The van der Waals surface area contributed by atoms with E-state index in [-0.39, 0.29) is 17.0 Å². The second-order valence-electron chi connectivity index (χ2n) is 6.47. The smallest absolute Gasteiger partial charge is 0.335 e. The van der Waals surface area contributed by atoms with Gasteiger partial charge in [0.2, 0.25) is 10.0 Å². The predicted molar refractivity (Wildman–Crippen MR) is 117 cm³/mol. The van der Waals surface area contributed by atoms with Crippen LogP contribution in [0.4, 0.5) is 0 Å². The normalized spacial score (nSPS) is 11.2. The van der Waals surface area contributed by atoms with Crippen LogP contribution in [0.2, 0.25) is 0 Å². The fourth-order valence-electron chi connectivity index (χ4n) is 2.57. The number of sulfonamides is 1. The molecule has 0 unspecified atom stereocenters. The number of nitrogens with one attached hydrogen (secondary N) is 1. The summed E-state index contributed by atoms with van der Waals surface area (Å²) < 4.78 is 32.9. The summed E-state index contributed by atoms with van der Waals surface area (Å²) in [5.74, 6) is 0.845. The minimum absolute atomic E-state index is 0.0648. The number of ether oxygens (including phenoxy) is 1. The number of hydrogen-bond acceptors (Lipinski definition) is 5. The van der Waals surface area contributed by atoms with Crippen molar-refractivity contribution in [2.45, 2.75) is 16.7 Å². The lowest BCUT2D eigenvalue weighted by Crippen LogP contribution is -2.26. The molecule has 3 aromatic carbocycles. The number of aromatic carboxylic acids is 1. The third kappa shape index (κ3) is 6.09. The highest BCUT2D eigenvalue weighted by atomic mass is 32.2. The van der Waals surface area contributed by atoms with Crippen molar-refractivity contribution in [1.82, 2.24) is 4.72 Å². The topological polar surface area (TPSA) is 92.7 Å². The number of aryl methyl sites for hydroxylation is 1. The molecule has 0 fully saturated rings. The molecule has 8 heteroatoms. The average Bonchev–Trinajstić information content (AvgIpc) is 2.74. The summed E-state index contributed by atoms with van der Waals surface area (Å²) in [6.07, 6.45) is 0. The zero-order valence-electron chi connectivity index (χ0n) is 16.2. The Morgan fingerprint density at radius 3 is 2.27 bits per heavy atom. The van der Waals surface area contributed by atoms with Gasteiger partial charge in [-0.1, -0.05) is 23.8 Å². The van der Waals surface area contributed by atoms with Gasteiger partial charge in [-0.15, -0.1) is 11.8 Å². The van der Waals surface area contributed by atoms with Crippen molar-refractivity contribution in [3.63, 3.8) is 0 Å². The molecule has 0 aromatic heterocycles. The molecule has 0 radical (unpaired) electrons. The Labute approximate surface area is 180 Å². The Morgan fingerprint density at radius 1 is 1.00 bits per heavy atom. The molecule has 0 bridgehead atoms. The molecule has 0 spiro atoms. The number of thioether (sulfide) groups is 1. The number of carbonyl (C=O) groups is 1. The zero-order chi connectivity index (χ0) is 21.6. The molecule has 156 valence electrons. The summed E-state index contributed by atoms with van der Waals surface area (Å²) >= 11 is 1.50. The SMILES string of the molecule is Cc1ccc(Oc2ccc(SCCNS(=O)(=O)c3cccc(C(=O)O)c3)cc2)cc1. The molecule has 0 saturated carbocycles. The molecular weight excluding hydrogens is 422 g/mol. The Hall–Kier alpha value is -2.81. The van der Waals surface area contributed by atoms with Gasteiger partial charge in [0, 0.05) is 17.2 Å². The van der Waals surface area contributed by atoms with E-state index in [4.69, 9.17) is 9.84 Å². The van der Waals surface area contributed by atoms with Crippen molar-refractivity contribution in [3.05, 3.63) is 83.9 Å². The van der Waals surface area contributed by atoms with Gasteiger partial charge in [-0.3, -0.25) is 0 Å². The first-order valence-corrected chi connectivity index (χ1v) is 11.6. The molecule has 2 N–H and O–H groups in total. The average molecular weight is 444 g/mol. The summed E-state index contributed by atoms with van der Waals surface area (Å²) in [6.45, 7) is 2.23. The van der Waals surface area contributed by atoms with E-state index in [2.05, 4.69) is 4.72 Å². The highest BCUT2D eigenvalue weighted by Gasteiger charge is 2.15. The van der Waals surface area contributed by atoms with Gasteiger partial charge >= 0.3 is 5.97 Å². The van der Waals surface area contributed by atoms with Crippen LogP contribution in [0, 0.1) is 6.92 Å². The summed E-state index contributed by atoms with van der Waals surface area (Å²) in [4.78, 5) is 11.9. The van der Waals surface area contributed by atoms with Crippen LogP contribution in [0.5, 0.6) is 11.5 Å². The number of hydrogen-bond donors (Lipinski definition) is 2. The van der Waals surface area contributed by atoms with E-state index in [1.54, 1.807) is 0 Å². The maximum absolute atomic E-state index is 12.3. The lowest BCUT2D eigenvalue weighted by atomic mass is 10.2. The second-order valence-corrected chi connectivity index (χ2v) is 9.40. The molecule has 0 aliphatic heterocycles. The van der Waals surface area contributed by atoms with Crippen LogP contribution >= 0.6 is 11.8 Å². The van der Waals surface area contributed by atoms with E-state index < -0.39 is 16.0 Å². The van der Waals surface area contributed by atoms with Gasteiger partial charge in [0.1, 0.15) is 11.5 Å². The van der Waals surface area contributed by atoms with Crippen LogP contribution in [0.25, 0.3) is 0 Å². The minimum atomic E-state index is -3.76. The predicted octanol–water partition coefficient (Wildman–Crippen LogP) is 4.56. The maximum Gasteiger partial charge on any atom is 0.335 e. The molecule has 0 aliphatic carbocycles. The molecule has 3 rings (SSSR count). The molecule has 0 saturated heterocycles. The van der Waals surface area contributed by atoms with Crippen molar-refractivity contribution in [2.75, 3.05) is 12.3 Å². The number of carboxylic acids is 1. The molecule has 0 atom stereocenters. The van der Waals surface area contributed by atoms with Gasteiger partial charge in [0.25, 0.3) is 0 Å². The Kier molecular flexibility index (Phi) is 7.15. The van der Waals surface area contributed by atoms with Crippen LogP contribution in [-0.2, 0) is 10.0 Å². The number of carboxylic acid groups (broad SMARTS) is 1. The minimum Gasteiger partial charge on any atom is -0.478 e. The molecule has 3 aromatic rings. The first-order chi connectivity index (χ1) is 14.3. The van der Waals surface area contributed by atoms with Gasteiger partial charge in [-0.05, 0) is 61.5 Å². The van der Waals surface area contributed by atoms with Crippen LogP contribution in [0.15, 0.2) is 82.6 Å². The molecule has 0 amide bonds. The fourth-order valence-corrected chi connectivity index (χ4v) is 4.55. The van der Waals surface area contributed by atoms with Gasteiger partial charge < -0.3 is 9.84 Å². The standard InChI is InChI=1S/C22H21NO5S2/c1-16-5-7-18(8-6-16)28-19-9-11-20(12-10-19)29-14-13-23-30(26,27)21-4-2-3-17(15-21)22(24)25/h2-12,15,23H,13-14H2,1H3,(H,24,25).